The van der Waals surface area contributed by atoms with Gasteiger partial charge in [0.25, 0.3) is 5.91 Å². The number of carbonyl (C=O) groups is 1. The molecule has 0 bridgehead atoms. The van der Waals surface area contributed by atoms with Crippen molar-refractivity contribution in [2.45, 2.75) is 57.8 Å². The van der Waals surface area contributed by atoms with E-state index in [2.05, 4.69) is 19.2 Å². The van der Waals surface area contributed by atoms with Crippen LogP contribution in [0, 0.1) is 5.92 Å². The minimum atomic E-state index is -4.35. The lowest BCUT2D eigenvalue weighted by molar-refractivity contribution is -0.137. The van der Waals surface area contributed by atoms with E-state index >= 15 is 0 Å². The molecule has 1 aliphatic carbocycles. The van der Waals surface area contributed by atoms with Gasteiger partial charge in [0.05, 0.1) is 16.6 Å². The third-order valence-corrected chi connectivity index (χ3v) is 6.26. The number of alkyl halides is 3. The summed E-state index contributed by atoms with van der Waals surface area (Å²) in [7, 11) is 0. The molecule has 1 aliphatic rings. The number of benzene rings is 2. The van der Waals surface area contributed by atoms with E-state index in [0.29, 0.717) is 18.0 Å². The predicted octanol–water partition coefficient (Wildman–Crippen LogP) is 6.41. The highest BCUT2D eigenvalue weighted by Crippen LogP contribution is 2.40. The van der Waals surface area contributed by atoms with Crippen LogP contribution >= 0.6 is 0 Å². The Morgan fingerprint density at radius 3 is 2.48 bits per heavy atom. The molecule has 0 radical (unpaired) electrons. The van der Waals surface area contributed by atoms with Crippen LogP contribution in [0.5, 0.6) is 0 Å². The molecule has 0 unspecified atom stereocenters. The SMILES string of the molecule is CCCC1CC(C)(NC(=O)c2cccc3ccn(Cc4ccc(C(F)(F)F)cc4)c23)C1. The highest BCUT2D eigenvalue weighted by molar-refractivity contribution is 6.06. The number of nitrogens with one attached hydrogen (secondary N) is 1. The van der Waals surface area contributed by atoms with Gasteiger partial charge in [0, 0.05) is 23.7 Å². The maximum absolute atomic E-state index is 13.1. The van der Waals surface area contributed by atoms with E-state index < -0.39 is 11.7 Å². The van der Waals surface area contributed by atoms with E-state index in [1.54, 1.807) is 0 Å². The van der Waals surface area contributed by atoms with E-state index in [9.17, 15) is 18.0 Å². The van der Waals surface area contributed by atoms with Crippen LogP contribution in [0.25, 0.3) is 10.9 Å². The quantitative estimate of drug-likeness (QED) is 0.484. The first kappa shape index (κ1) is 21.5. The van der Waals surface area contributed by atoms with E-state index in [4.69, 9.17) is 0 Å². The number of para-hydroxylation sites is 1. The Kier molecular flexibility index (Phi) is 5.58. The summed E-state index contributed by atoms with van der Waals surface area (Å²) in [5.41, 5.74) is 1.30. The normalized spacial score (nSPS) is 21.1. The molecular formula is C25H27F3N2O. The molecule has 0 aliphatic heterocycles. The first-order valence-electron chi connectivity index (χ1n) is 10.7. The molecule has 3 nitrogen and oxygen atoms in total. The van der Waals surface area contributed by atoms with Crippen LogP contribution in [-0.4, -0.2) is 16.0 Å². The lowest BCUT2D eigenvalue weighted by Gasteiger charge is -2.46. The Morgan fingerprint density at radius 1 is 1.13 bits per heavy atom. The van der Waals surface area contributed by atoms with Crippen molar-refractivity contribution in [2.24, 2.45) is 5.92 Å². The number of amides is 1. The Labute approximate surface area is 180 Å². The molecule has 0 atom stereocenters. The first-order chi connectivity index (χ1) is 14.7. The second-order valence-electron chi connectivity index (χ2n) is 8.96. The minimum Gasteiger partial charge on any atom is -0.347 e. The first-order valence-corrected chi connectivity index (χ1v) is 10.7. The smallest absolute Gasteiger partial charge is 0.347 e. The van der Waals surface area contributed by atoms with E-state index in [1.165, 1.54) is 18.6 Å². The number of carbonyl (C=O) groups excluding carboxylic acids is 1. The van der Waals surface area contributed by atoms with Crippen LogP contribution in [0.2, 0.25) is 0 Å². The van der Waals surface area contributed by atoms with Crippen molar-refractivity contribution in [1.82, 2.24) is 9.88 Å². The number of fused-ring (bicyclic) bond motifs is 1. The van der Waals surface area contributed by atoms with Crippen molar-refractivity contribution < 1.29 is 18.0 Å². The lowest BCUT2D eigenvalue weighted by Crippen LogP contribution is -2.55. The maximum atomic E-state index is 13.1. The van der Waals surface area contributed by atoms with Gasteiger partial charge < -0.3 is 9.88 Å². The van der Waals surface area contributed by atoms with Gasteiger partial charge in [0.15, 0.2) is 0 Å². The summed E-state index contributed by atoms with van der Waals surface area (Å²) in [6.45, 7) is 4.67. The average Bonchev–Trinajstić information content (AvgIpc) is 3.09. The van der Waals surface area contributed by atoms with Crippen LogP contribution in [0.15, 0.2) is 54.7 Å². The second kappa shape index (κ2) is 8.06. The largest absolute Gasteiger partial charge is 0.416 e. The summed E-state index contributed by atoms with van der Waals surface area (Å²) in [4.78, 5) is 13.1. The summed E-state index contributed by atoms with van der Waals surface area (Å²) in [6.07, 6.45) is 1.87. The summed E-state index contributed by atoms with van der Waals surface area (Å²) in [6, 6.07) is 12.7. The molecule has 31 heavy (non-hydrogen) atoms. The van der Waals surface area contributed by atoms with Gasteiger partial charge in [-0.2, -0.15) is 13.2 Å². The molecule has 1 aromatic heterocycles. The van der Waals surface area contributed by atoms with E-state index in [1.807, 2.05) is 35.0 Å². The van der Waals surface area contributed by atoms with Crippen LogP contribution < -0.4 is 5.32 Å². The second-order valence-corrected chi connectivity index (χ2v) is 8.96. The molecule has 3 aromatic rings. The summed E-state index contributed by atoms with van der Waals surface area (Å²) in [5.74, 6) is 0.574. The van der Waals surface area contributed by atoms with Crippen LogP contribution in [0.1, 0.15) is 61.0 Å². The Hall–Kier alpha value is -2.76. The molecule has 1 fully saturated rings. The molecule has 0 spiro atoms. The van der Waals surface area contributed by atoms with Crippen molar-refractivity contribution in [3.05, 3.63) is 71.4 Å². The number of aromatic nitrogens is 1. The Morgan fingerprint density at radius 2 is 1.84 bits per heavy atom. The van der Waals surface area contributed by atoms with Crippen molar-refractivity contribution in [3.8, 4) is 0 Å². The van der Waals surface area contributed by atoms with Gasteiger partial charge in [-0.3, -0.25) is 4.79 Å². The monoisotopic (exact) mass is 428 g/mol. The fourth-order valence-corrected chi connectivity index (χ4v) is 4.84. The number of hydrogen-bond donors (Lipinski definition) is 1. The molecule has 1 N–H and O–H groups in total. The summed E-state index contributed by atoms with van der Waals surface area (Å²) < 4.78 is 40.4. The number of hydrogen-bond acceptors (Lipinski definition) is 1. The zero-order chi connectivity index (χ0) is 22.2. The highest BCUT2D eigenvalue weighted by Gasteiger charge is 2.41. The third-order valence-electron chi connectivity index (χ3n) is 6.26. The number of halogens is 3. The molecule has 1 heterocycles. The topological polar surface area (TPSA) is 34.0 Å². The minimum absolute atomic E-state index is 0.101. The fraction of sp³-hybridized carbons (Fsp3) is 0.400. The number of nitrogens with zero attached hydrogens (tertiary/aromatic N) is 1. The Balaban J connectivity index is 1.56. The number of rotatable bonds is 6. The highest BCUT2D eigenvalue weighted by atomic mass is 19.4. The zero-order valence-corrected chi connectivity index (χ0v) is 17.8. The van der Waals surface area contributed by atoms with Gasteiger partial charge in [0.2, 0.25) is 0 Å². The van der Waals surface area contributed by atoms with Gasteiger partial charge in [-0.05, 0) is 55.5 Å². The van der Waals surface area contributed by atoms with Crippen LogP contribution in [0.3, 0.4) is 0 Å². The van der Waals surface area contributed by atoms with Gasteiger partial charge >= 0.3 is 6.18 Å². The molecule has 1 saturated carbocycles. The molecule has 1 amide bonds. The average molecular weight is 428 g/mol. The standard InChI is InChI=1S/C25H27F3N2O/c1-3-5-18-14-24(2,15-18)29-23(31)21-7-4-6-19-12-13-30(22(19)21)16-17-8-10-20(11-9-17)25(26,27)28/h4,6-13,18H,3,5,14-16H2,1-2H3,(H,29,31). The van der Waals surface area contributed by atoms with Gasteiger partial charge in [0.1, 0.15) is 0 Å². The van der Waals surface area contributed by atoms with Gasteiger partial charge in [-0.25, -0.2) is 0 Å². The van der Waals surface area contributed by atoms with Crippen LogP contribution in [0.4, 0.5) is 13.2 Å². The lowest BCUT2D eigenvalue weighted by atomic mass is 9.67. The fourth-order valence-electron chi connectivity index (χ4n) is 4.84. The summed E-state index contributed by atoms with van der Waals surface area (Å²) >= 11 is 0. The van der Waals surface area contributed by atoms with Gasteiger partial charge in [-0.15, -0.1) is 0 Å². The molecule has 2 aromatic carbocycles. The third kappa shape index (κ3) is 4.48. The van der Waals surface area contributed by atoms with Crippen molar-refractivity contribution in [3.63, 3.8) is 0 Å². The predicted molar refractivity (Wildman–Crippen MR) is 116 cm³/mol. The molecular weight excluding hydrogens is 401 g/mol. The molecule has 0 saturated heterocycles. The van der Waals surface area contributed by atoms with Crippen molar-refractivity contribution in [1.29, 1.82) is 0 Å². The molecule has 6 heteroatoms. The van der Waals surface area contributed by atoms with Gasteiger partial charge in [-0.1, -0.05) is 44.0 Å². The van der Waals surface area contributed by atoms with Crippen LogP contribution in [-0.2, 0) is 12.7 Å². The summed E-state index contributed by atoms with van der Waals surface area (Å²) in [5, 5.41) is 4.15. The maximum Gasteiger partial charge on any atom is 0.416 e. The van der Waals surface area contributed by atoms with Crippen molar-refractivity contribution in [2.75, 3.05) is 0 Å². The van der Waals surface area contributed by atoms with E-state index in [-0.39, 0.29) is 11.4 Å². The van der Waals surface area contributed by atoms with E-state index in [0.717, 1.165) is 47.9 Å². The van der Waals surface area contributed by atoms with Crippen molar-refractivity contribution >= 4 is 16.8 Å². The zero-order valence-electron chi connectivity index (χ0n) is 17.8. The Bertz CT molecular complexity index is 1080. The molecule has 4 rings (SSSR count). The molecule has 164 valence electrons.